The van der Waals surface area contributed by atoms with Gasteiger partial charge >= 0.3 is 5.97 Å². The molecule has 1 aliphatic rings. The number of ether oxygens (including phenoxy) is 1. The number of halogens is 1. The van der Waals surface area contributed by atoms with Gasteiger partial charge in [0.05, 0.1) is 30.8 Å². The van der Waals surface area contributed by atoms with E-state index in [9.17, 15) is 4.79 Å². The highest BCUT2D eigenvalue weighted by Gasteiger charge is 2.20. The third-order valence-electron chi connectivity index (χ3n) is 3.45. The SMILES string of the molecule is CCOC(=O)c1cnn2c3c(cnc12)C(C)=NN(CCCl)C=C3. The van der Waals surface area contributed by atoms with Crippen LogP contribution < -0.4 is 0 Å². The van der Waals surface area contributed by atoms with Gasteiger partial charge in [0.2, 0.25) is 0 Å². The summed E-state index contributed by atoms with van der Waals surface area (Å²) >= 11 is 5.78. The van der Waals surface area contributed by atoms with Gasteiger partial charge in [0.25, 0.3) is 0 Å². The maximum absolute atomic E-state index is 12.0. The summed E-state index contributed by atoms with van der Waals surface area (Å²) in [5, 5.41) is 10.5. The van der Waals surface area contributed by atoms with E-state index in [1.165, 1.54) is 6.20 Å². The average Bonchev–Trinajstić information content (AvgIpc) is 2.90. The first-order chi connectivity index (χ1) is 11.2. The van der Waals surface area contributed by atoms with Crippen molar-refractivity contribution in [2.75, 3.05) is 19.0 Å². The minimum Gasteiger partial charge on any atom is -0.462 e. The molecule has 0 amide bonds. The van der Waals surface area contributed by atoms with Crippen molar-refractivity contribution in [3.63, 3.8) is 0 Å². The second-order valence-corrected chi connectivity index (χ2v) is 5.30. The summed E-state index contributed by atoms with van der Waals surface area (Å²) < 4.78 is 6.66. The quantitative estimate of drug-likeness (QED) is 0.633. The predicted molar refractivity (Wildman–Crippen MR) is 87.6 cm³/mol. The van der Waals surface area contributed by atoms with Gasteiger partial charge < -0.3 is 4.74 Å². The van der Waals surface area contributed by atoms with Gasteiger partial charge in [0.1, 0.15) is 5.56 Å². The number of alkyl halides is 1. The molecule has 1 aliphatic heterocycles. The third-order valence-corrected chi connectivity index (χ3v) is 3.61. The summed E-state index contributed by atoms with van der Waals surface area (Å²) in [7, 11) is 0. The first-order valence-corrected chi connectivity index (χ1v) is 7.79. The van der Waals surface area contributed by atoms with E-state index in [1.54, 1.807) is 22.6 Å². The summed E-state index contributed by atoms with van der Waals surface area (Å²) in [5.74, 6) is 0.0432. The lowest BCUT2D eigenvalue weighted by Crippen LogP contribution is -2.14. The molecule has 0 saturated carbocycles. The Hall–Kier alpha value is -2.41. The molecule has 120 valence electrons. The number of esters is 1. The van der Waals surface area contributed by atoms with Crippen molar-refractivity contribution in [2.45, 2.75) is 13.8 Å². The van der Waals surface area contributed by atoms with Crippen LogP contribution in [0, 0.1) is 0 Å². The monoisotopic (exact) mass is 333 g/mol. The Morgan fingerprint density at radius 3 is 2.96 bits per heavy atom. The van der Waals surface area contributed by atoms with E-state index in [-0.39, 0.29) is 0 Å². The number of hydrogen-bond donors (Lipinski definition) is 0. The number of hydrazone groups is 1. The molecule has 3 heterocycles. The van der Waals surface area contributed by atoms with Crippen LogP contribution in [0.5, 0.6) is 0 Å². The van der Waals surface area contributed by atoms with Gasteiger partial charge in [-0.05, 0) is 19.9 Å². The highest BCUT2D eigenvalue weighted by Crippen LogP contribution is 2.20. The Kier molecular flexibility index (Phi) is 4.29. The predicted octanol–water partition coefficient (Wildman–Crippen LogP) is 2.16. The highest BCUT2D eigenvalue weighted by molar-refractivity contribution is 6.18. The number of fused-ring (bicyclic) bond motifs is 3. The molecule has 0 fully saturated rings. The summed E-state index contributed by atoms with van der Waals surface area (Å²) in [6.07, 6.45) is 6.89. The minimum absolute atomic E-state index is 0.306. The lowest BCUT2D eigenvalue weighted by molar-refractivity contribution is 0.0528. The largest absolute Gasteiger partial charge is 0.462 e. The number of hydrogen-bond acceptors (Lipinski definition) is 6. The second kappa shape index (κ2) is 6.37. The molecule has 0 spiro atoms. The van der Waals surface area contributed by atoms with Crippen molar-refractivity contribution in [1.82, 2.24) is 19.6 Å². The van der Waals surface area contributed by atoms with E-state index in [4.69, 9.17) is 16.3 Å². The molecule has 0 radical (unpaired) electrons. The standard InChI is InChI=1S/C15H16ClN5O2/c1-3-23-15(22)12-9-18-21-13-4-6-20(7-5-16)19-10(2)11(13)8-17-14(12)21/h4,6,8-9H,3,5,7H2,1-2H3. The highest BCUT2D eigenvalue weighted by atomic mass is 35.5. The molecular formula is C15H16ClN5O2. The van der Waals surface area contributed by atoms with Gasteiger partial charge in [0.15, 0.2) is 5.65 Å². The van der Waals surface area contributed by atoms with E-state index in [2.05, 4.69) is 15.2 Å². The average molecular weight is 334 g/mol. The molecule has 8 heteroatoms. The van der Waals surface area contributed by atoms with Crippen LogP contribution in [0.25, 0.3) is 11.7 Å². The molecule has 0 aliphatic carbocycles. The molecule has 3 rings (SSSR count). The molecule has 0 unspecified atom stereocenters. The fourth-order valence-corrected chi connectivity index (χ4v) is 2.56. The first kappa shape index (κ1) is 15.5. The van der Waals surface area contributed by atoms with Crippen molar-refractivity contribution in [1.29, 1.82) is 0 Å². The van der Waals surface area contributed by atoms with Gasteiger partial charge in [-0.1, -0.05) is 0 Å². The number of carbonyl (C=O) groups is 1. The number of rotatable bonds is 4. The molecule has 23 heavy (non-hydrogen) atoms. The van der Waals surface area contributed by atoms with Gasteiger partial charge in [-0.3, -0.25) is 5.01 Å². The topological polar surface area (TPSA) is 72.1 Å². The number of aromatic nitrogens is 3. The number of nitrogens with zero attached hydrogens (tertiary/aromatic N) is 5. The Morgan fingerprint density at radius 1 is 1.39 bits per heavy atom. The molecule has 0 atom stereocenters. The fourth-order valence-electron chi connectivity index (χ4n) is 2.39. The van der Waals surface area contributed by atoms with Crippen LogP contribution in [0.15, 0.2) is 23.7 Å². The van der Waals surface area contributed by atoms with Crippen LogP contribution in [0.2, 0.25) is 0 Å². The van der Waals surface area contributed by atoms with Crippen LogP contribution in [-0.4, -0.2) is 50.3 Å². The van der Waals surface area contributed by atoms with Crippen molar-refractivity contribution in [3.8, 4) is 0 Å². The van der Waals surface area contributed by atoms with E-state index in [0.717, 1.165) is 17.0 Å². The van der Waals surface area contributed by atoms with Crippen molar-refractivity contribution < 1.29 is 9.53 Å². The lowest BCUT2D eigenvalue weighted by Gasteiger charge is -2.11. The van der Waals surface area contributed by atoms with Crippen LogP contribution >= 0.6 is 11.6 Å². The maximum Gasteiger partial charge on any atom is 0.343 e. The van der Waals surface area contributed by atoms with Crippen LogP contribution in [-0.2, 0) is 4.74 Å². The Morgan fingerprint density at radius 2 is 2.22 bits per heavy atom. The van der Waals surface area contributed by atoms with Crippen molar-refractivity contribution in [3.05, 3.63) is 35.4 Å². The molecule has 0 bridgehead atoms. The smallest absolute Gasteiger partial charge is 0.343 e. The van der Waals surface area contributed by atoms with Gasteiger partial charge in [-0.25, -0.2) is 14.3 Å². The molecule has 0 N–H and O–H groups in total. The van der Waals surface area contributed by atoms with E-state index < -0.39 is 5.97 Å². The first-order valence-electron chi connectivity index (χ1n) is 7.26. The molecule has 7 nitrogen and oxygen atoms in total. The van der Waals surface area contributed by atoms with E-state index in [0.29, 0.717) is 30.2 Å². The minimum atomic E-state index is -0.429. The Labute approximate surface area is 138 Å². The Bertz CT molecular complexity index is 812. The Balaban J connectivity index is 2.12. The molecular weight excluding hydrogens is 318 g/mol. The second-order valence-electron chi connectivity index (χ2n) is 4.92. The summed E-state index contributed by atoms with van der Waals surface area (Å²) in [6.45, 7) is 4.57. The summed E-state index contributed by atoms with van der Waals surface area (Å²) in [4.78, 5) is 16.3. The normalized spacial score (nSPS) is 13.7. The summed E-state index contributed by atoms with van der Waals surface area (Å²) in [5.41, 5.74) is 3.27. The number of carbonyl (C=O) groups excluding carboxylic acids is 1. The summed E-state index contributed by atoms with van der Waals surface area (Å²) in [6, 6.07) is 0. The van der Waals surface area contributed by atoms with E-state index in [1.807, 2.05) is 19.2 Å². The molecule has 2 aromatic heterocycles. The fraction of sp³-hybridized carbons (Fsp3) is 0.333. The molecule has 2 aromatic rings. The zero-order valence-electron chi connectivity index (χ0n) is 12.9. The van der Waals surface area contributed by atoms with Crippen LogP contribution in [0.4, 0.5) is 0 Å². The maximum atomic E-state index is 12.0. The van der Waals surface area contributed by atoms with Crippen LogP contribution in [0.1, 0.15) is 35.5 Å². The zero-order valence-corrected chi connectivity index (χ0v) is 13.6. The van der Waals surface area contributed by atoms with E-state index >= 15 is 0 Å². The third kappa shape index (κ3) is 2.79. The van der Waals surface area contributed by atoms with Gasteiger partial charge in [0, 0.05) is 23.8 Å². The van der Waals surface area contributed by atoms with Gasteiger partial charge in [-0.2, -0.15) is 10.2 Å². The van der Waals surface area contributed by atoms with Crippen LogP contribution in [0.3, 0.4) is 0 Å². The van der Waals surface area contributed by atoms with Crippen molar-refractivity contribution >= 4 is 35.0 Å². The zero-order chi connectivity index (χ0) is 16.4. The van der Waals surface area contributed by atoms with Gasteiger partial charge in [-0.15, -0.1) is 11.6 Å². The lowest BCUT2D eigenvalue weighted by atomic mass is 10.1. The van der Waals surface area contributed by atoms with Crippen molar-refractivity contribution in [2.24, 2.45) is 5.10 Å². The molecule has 0 saturated heterocycles. The molecule has 0 aromatic carbocycles.